The molecule has 8 nitrogen and oxygen atoms in total. The van der Waals surface area contributed by atoms with Crippen molar-refractivity contribution < 1.29 is 14.3 Å². The maximum atomic E-state index is 12.3. The van der Waals surface area contributed by atoms with Crippen molar-refractivity contribution in [1.29, 1.82) is 0 Å². The molecule has 2 aromatic carbocycles. The van der Waals surface area contributed by atoms with Gasteiger partial charge in [0.15, 0.2) is 6.61 Å². The van der Waals surface area contributed by atoms with E-state index in [-0.39, 0.29) is 12.5 Å². The summed E-state index contributed by atoms with van der Waals surface area (Å²) >= 11 is 0. The topological polar surface area (TPSA) is 90.2 Å². The first-order valence-corrected chi connectivity index (χ1v) is 8.49. The Morgan fingerprint density at radius 3 is 2.44 bits per heavy atom. The number of nitrogens with zero attached hydrogens (tertiary/aromatic N) is 5. The number of carbonyl (C=O) groups excluding carboxylic acids is 2. The number of hydrogen-bond acceptors (Lipinski definition) is 6. The van der Waals surface area contributed by atoms with E-state index in [1.165, 1.54) is 11.0 Å². The van der Waals surface area contributed by atoms with Gasteiger partial charge in [-0.15, -0.1) is 5.10 Å². The fourth-order valence-corrected chi connectivity index (χ4v) is 2.51. The monoisotopic (exact) mass is 365 g/mol. The zero-order chi connectivity index (χ0) is 19.1. The minimum absolute atomic E-state index is 0.236. The van der Waals surface area contributed by atoms with Crippen LogP contribution in [0.4, 0.5) is 0 Å². The second-order valence-electron chi connectivity index (χ2n) is 5.77. The number of rotatable bonds is 7. The summed E-state index contributed by atoms with van der Waals surface area (Å²) in [5.41, 5.74) is 2.09. The molecule has 0 bridgehead atoms. The van der Waals surface area contributed by atoms with Gasteiger partial charge in [0.05, 0.1) is 11.3 Å². The second-order valence-corrected chi connectivity index (χ2v) is 5.77. The standard InChI is InChI=1S/C19H19N5O3/c1-2-23(12-15-6-4-3-5-7-15)18(25)13-27-19(26)16-8-10-17(11-9-16)24-14-20-21-22-24/h3-11,14H,2,12-13H2,1H3. The van der Waals surface area contributed by atoms with E-state index in [1.54, 1.807) is 29.2 Å². The van der Waals surface area contributed by atoms with Crippen LogP contribution in [0.25, 0.3) is 5.69 Å². The molecule has 3 aromatic rings. The highest BCUT2D eigenvalue weighted by Gasteiger charge is 2.16. The molecule has 138 valence electrons. The van der Waals surface area contributed by atoms with E-state index in [0.717, 1.165) is 5.56 Å². The number of amides is 1. The first kappa shape index (κ1) is 18.2. The lowest BCUT2D eigenvalue weighted by Crippen LogP contribution is -2.34. The molecule has 0 aliphatic heterocycles. The van der Waals surface area contributed by atoms with Gasteiger partial charge in [0.1, 0.15) is 6.33 Å². The smallest absolute Gasteiger partial charge is 0.338 e. The van der Waals surface area contributed by atoms with Gasteiger partial charge in [-0.1, -0.05) is 30.3 Å². The molecular formula is C19H19N5O3. The average Bonchev–Trinajstić information content (AvgIpc) is 3.25. The molecule has 27 heavy (non-hydrogen) atoms. The summed E-state index contributed by atoms with van der Waals surface area (Å²) in [7, 11) is 0. The SMILES string of the molecule is CCN(Cc1ccccc1)C(=O)COC(=O)c1ccc(-n2cnnn2)cc1. The van der Waals surface area contributed by atoms with Crippen molar-refractivity contribution in [2.75, 3.05) is 13.2 Å². The van der Waals surface area contributed by atoms with Crippen molar-refractivity contribution >= 4 is 11.9 Å². The summed E-state index contributed by atoms with van der Waals surface area (Å²) in [5.74, 6) is -0.789. The maximum absolute atomic E-state index is 12.3. The van der Waals surface area contributed by atoms with Crippen LogP contribution in [0.1, 0.15) is 22.8 Å². The van der Waals surface area contributed by atoms with Gasteiger partial charge in [-0.2, -0.15) is 0 Å². The van der Waals surface area contributed by atoms with Crippen molar-refractivity contribution in [3.63, 3.8) is 0 Å². The van der Waals surface area contributed by atoms with Crippen LogP contribution in [0.3, 0.4) is 0 Å². The van der Waals surface area contributed by atoms with E-state index in [9.17, 15) is 9.59 Å². The quantitative estimate of drug-likeness (QED) is 0.594. The molecule has 0 unspecified atom stereocenters. The van der Waals surface area contributed by atoms with Crippen molar-refractivity contribution in [1.82, 2.24) is 25.1 Å². The van der Waals surface area contributed by atoms with Crippen LogP contribution < -0.4 is 0 Å². The van der Waals surface area contributed by atoms with Crippen LogP contribution in [0.5, 0.6) is 0 Å². The third-order valence-corrected chi connectivity index (χ3v) is 3.99. The zero-order valence-corrected chi connectivity index (χ0v) is 14.9. The van der Waals surface area contributed by atoms with E-state index in [2.05, 4.69) is 15.5 Å². The molecule has 3 rings (SSSR count). The lowest BCUT2D eigenvalue weighted by Gasteiger charge is -2.20. The van der Waals surface area contributed by atoms with Crippen LogP contribution in [0, 0.1) is 0 Å². The molecule has 8 heteroatoms. The van der Waals surface area contributed by atoms with E-state index in [0.29, 0.717) is 24.3 Å². The molecular weight excluding hydrogens is 346 g/mol. The van der Waals surface area contributed by atoms with Gasteiger partial charge in [0.25, 0.3) is 5.91 Å². The molecule has 0 saturated heterocycles. The molecule has 0 spiro atoms. The van der Waals surface area contributed by atoms with Crippen molar-refractivity contribution in [2.24, 2.45) is 0 Å². The Kier molecular flexibility index (Phi) is 5.88. The number of esters is 1. The van der Waals surface area contributed by atoms with Crippen LogP contribution in [-0.2, 0) is 16.1 Å². The largest absolute Gasteiger partial charge is 0.452 e. The highest BCUT2D eigenvalue weighted by Crippen LogP contribution is 2.10. The molecule has 0 aliphatic rings. The Morgan fingerprint density at radius 2 is 1.81 bits per heavy atom. The minimum Gasteiger partial charge on any atom is -0.452 e. The summed E-state index contributed by atoms with van der Waals surface area (Å²) in [6, 6.07) is 16.3. The predicted octanol–water partition coefficient (Wildman–Crippen LogP) is 1.87. The van der Waals surface area contributed by atoms with E-state index < -0.39 is 5.97 Å². The fourth-order valence-electron chi connectivity index (χ4n) is 2.51. The number of benzene rings is 2. The van der Waals surface area contributed by atoms with Crippen LogP contribution in [-0.4, -0.2) is 50.1 Å². The summed E-state index contributed by atoms with van der Waals surface area (Å²) in [5, 5.41) is 10.9. The molecule has 0 radical (unpaired) electrons. The van der Waals surface area contributed by atoms with Crippen LogP contribution in [0.2, 0.25) is 0 Å². The molecule has 0 atom stereocenters. The molecule has 0 fully saturated rings. The van der Waals surface area contributed by atoms with Gasteiger partial charge in [-0.3, -0.25) is 4.79 Å². The average molecular weight is 365 g/mol. The highest BCUT2D eigenvalue weighted by molar-refractivity contribution is 5.91. The zero-order valence-electron chi connectivity index (χ0n) is 14.9. The highest BCUT2D eigenvalue weighted by atomic mass is 16.5. The Balaban J connectivity index is 1.55. The number of hydrogen-bond donors (Lipinski definition) is 0. The molecule has 1 heterocycles. The molecule has 1 aromatic heterocycles. The van der Waals surface area contributed by atoms with E-state index in [4.69, 9.17) is 4.74 Å². The normalized spacial score (nSPS) is 10.4. The first-order chi connectivity index (χ1) is 13.2. The van der Waals surface area contributed by atoms with Crippen molar-refractivity contribution in [3.8, 4) is 5.69 Å². The molecule has 1 amide bonds. The molecule has 0 N–H and O–H groups in total. The third-order valence-electron chi connectivity index (χ3n) is 3.99. The lowest BCUT2D eigenvalue weighted by molar-refractivity contribution is -0.134. The van der Waals surface area contributed by atoms with Crippen molar-refractivity contribution in [2.45, 2.75) is 13.5 Å². The lowest BCUT2D eigenvalue weighted by atomic mass is 10.2. The van der Waals surface area contributed by atoms with Crippen LogP contribution in [0.15, 0.2) is 60.9 Å². The van der Waals surface area contributed by atoms with Crippen molar-refractivity contribution in [3.05, 3.63) is 72.1 Å². The second kappa shape index (κ2) is 8.70. The number of likely N-dealkylation sites (N-methyl/N-ethyl adjacent to an activating group) is 1. The van der Waals surface area contributed by atoms with Gasteiger partial charge in [-0.25, -0.2) is 9.48 Å². The summed E-state index contributed by atoms with van der Waals surface area (Å²) in [4.78, 5) is 26.2. The van der Waals surface area contributed by atoms with Gasteiger partial charge in [0.2, 0.25) is 0 Å². The first-order valence-electron chi connectivity index (χ1n) is 8.49. The predicted molar refractivity (Wildman–Crippen MR) is 97.0 cm³/mol. The molecule has 0 saturated carbocycles. The Bertz CT molecular complexity index is 879. The number of tetrazole rings is 1. The Morgan fingerprint density at radius 1 is 1.07 bits per heavy atom. The number of aromatic nitrogens is 4. The van der Waals surface area contributed by atoms with Gasteiger partial charge in [-0.05, 0) is 47.2 Å². The van der Waals surface area contributed by atoms with Crippen LogP contribution >= 0.6 is 0 Å². The summed E-state index contributed by atoms with van der Waals surface area (Å²) < 4.78 is 6.64. The van der Waals surface area contributed by atoms with E-state index in [1.807, 2.05) is 37.3 Å². The number of ether oxygens (including phenoxy) is 1. The summed E-state index contributed by atoms with van der Waals surface area (Å²) in [6.45, 7) is 2.61. The fraction of sp³-hybridized carbons (Fsp3) is 0.211. The summed E-state index contributed by atoms with van der Waals surface area (Å²) in [6.07, 6.45) is 1.46. The minimum atomic E-state index is -0.553. The third kappa shape index (κ3) is 4.75. The number of carbonyl (C=O) groups is 2. The Hall–Kier alpha value is -3.55. The maximum Gasteiger partial charge on any atom is 0.338 e. The van der Waals surface area contributed by atoms with E-state index >= 15 is 0 Å². The van der Waals surface area contributed by atoms with Gasteiger partial charge < -0.3 is 9.64 Å². The van der Waals surface area contributed by atoms with Gasteiger partial charge in [0, 0.05) is 13.1 Å². The van der Waals surface area contributed by atoms with Gasteiger partial charge >= 0.3 is 5.97 Å². The Labute approximate surface area is 156 Å². The molecule has 0 aliphatic carbocycles.